The van der Waals surface area contributed by atoms with Gasteiger partial charge in [-0.05, 0) is 0 Å². The molecule has 0 heterocycles. The molecule has 0 saturated heterocycles. The first kappa shape index (κ1) is 20.8. The summed E-state index contributed by atoms with van der Waals surface area (Å²) >= 11 is -1.25. The van der Waals surface area contributed by atoms with Crippen molar-refractivity contribution in [3.63, 3.8) is 0 Å². The Kier molecular flexibility index (Phi) is 14.0. The van der Waals surface area contributed by atoms with Gasteiger partial charge in [0.05, 0.1) is 0 Å². The fourth-order valence-corrected chi connectivity index (χ4v) is 11.7. The van der Waals surface area contributed by atoms with Crippen molar-refractivity contribution in [3.8, 4) is 0 Å². The first-order valence-electron chi connectivity index (χ1n) is 8.88. The summed E-state index contributed by atoms with van der Waals surface area (Å²) in [5, 5.41) is 0. The second-order valence-electron chi connectivity index (χ2n) is 6.93. The van der Waals surface area contributed by atoms with Crippen molar-refractivity contribution < 1.29 is 0 Å². The first-order valence-corrected chi connectivity index (χ1v) is 15.4. The summed E-state index contributed by atoms with van der Waals surface area (Å²) in [6.07, 6.45) is 5.53. The summed E-state index contributed by atoms with van der Waals surface area (Å²) in [5.41, 5.74) is 0. The van der Waals surface area contributed by atoms with Crippen LogP contribution < -0.4 is 0 Å². The van der Waals surface area contributed by atoms with E-state index in [1.165, 1.54) is 51.9 Å². The third-order valence-electron chi connectivity index (χ3n) is 4.25. The van der Waals surface area contributed by atoms with Gasteiger partial charge in [-0.2, -0.15) is 0 Å². The van der Waals surface area contributed by atoms with Crippen molar-refractivity contribution >= 4 is 21.4 Å². The van der Waals surface area contributed by atoms with Gasteiger partial charge in [-0.15, -0.1) is 0 Å². The molecule has 0 amide bonds. The van der Waals surface area contributed by atoms with E-state index in [-0.39, 0.29) is 0 Å². The molecule has 0 fully saturated rings. The third-order valence-corrected chi connectivity index (χ3v) is 16.2. The van der Waals surface area contributed by atoms with Crippen LogP contribution in [0.1, 0.15) is 53.4 Å². The predicted octanol–water partition coefficient (Wildman–Crippen LogP) is 4.36. The quantitative estimate of drug-likeness (QED) is 0.464. The molecule has 0 spiro atoms. The molecular weight excluding hydrogens is 347 g/mol. The van der Waals surface area contributed by atoms with Gasteiger partial charge in [0, 0.05) is 0 Å². The van der Waals surface area contributed by atoms with Crippen LogP contribution >= 0.6 is 0 Å². The van der Waals surface area contributed by atoms with Gasteiger partial charge in [-0.1, -0.05) is 0 Å². The van der Waals surface area contributed by atoms with Gasteiger partial charge in [-0.25, -0.2) is 0 Å². The predicted molar refractivity (Wildman–Crippen MR) is 95.3 cm³/mol. The molecule has 120 valence electrons. The van der Waals surface area contributed by atoms with E-state index in [2.05, 4.69) is 51.6 Å². The van der Waals surface area contributed by atoms with Crippen molar-refractivity contribution in [2.45, 2.75) is 65.4 Å². The molecule has 0 unspecified atom stereocenters. The van der Waals surface area contributed by atoms with Crippen LogP contribution in [0.25, 0.3) is 0 Å². The number of hydrogen-bond donors (Lipinski definition) is 0. The van der Waals surface area contributed by atoms with E-state index < -0.39 is 21.4 Å². The standard InChI is InChI=1S/C9H20N.C5H12N.C3H7.In/c1-4-7-10(8-5-2)9-6-3;1-4-5-6(2)3;1-3-2;/h1,4-9H2,2-3H3;1,4-5H2,2-3H3;3H,1-2H3;. The van der Waals surface area contributed by atoms with Gasteiger partial charge in [0.1, 0.15) is 0 Å². The molecule has 0 atom stereocenters. The van der Waals surface area contributed by atoms with E-state index in [0.717, 1.165) is 3.67 Å². The SMILES string of the molecule is CCCN(CCC)CC[CH2][In]([CH2]CCN(C)C)[CH](C)C. The molecule has 3 heteroatoms. The van der Waals surface area contributed by atoms with Crippen molar-refractivity contribution in [3.05, 3.63) is 0 Å². The summed E-state index contributed by atoms with van der Waals surface area (Å²) in [7, 11) is 4.40. The third kappa shape index (κ3) is 11.4. The average molecular weight is 386 g/mol. The van der Waals surface area contributed by atoms with Gasteiger partial charge in [0.15, 0.2) is 0 Å². The molecule has 0 radical (unpaired) electrons. The van der Waals surface area contributed by atoms with Crippen molar-refractivity contribution in [2.24, 2.45) is 0 Å². The van der Waals surface area contributed by atoms with Gasteiger partial charge in [0.2, 0.25) is 0 Å². The number of rotatable bonds is 13. The molecule has 0 N–H and O–H groups in total. The van der Waals surface area contributed by atoms with Crippen molar-refractivity contribution in [1.29, 1.82) is 0 Å². The number of nitrogens with zero attached hydrogens (tertiary/aromatic N) is 2. The molecule has 0 aliphatic carbocycles. The van der Waals surface area contributed by atoms with Crippen LogP contribution in [0.15, 0.2) is 0 Å². The summed E-state index contributed by atoms with van der Waals surface area (Å²) in [5.74, 6) is 0. The average Bonchev–Trinajstić information content (AvgIpc) is 2.36. The van der Waals surface area contributed by atoms with Gasteiger partial charge in [-0.3, -0.25) is 0 Å². The Morgan fingerprint density at radius 3 is 1.70 bits per heavy atom. The monoisotopic (exact) mass is 386 g/mol. The molecule has 0 rings (SSSR count). The molecule has 0 aliphatic heterocycles. The van der Waals surface area contributed by atoms with Gasteiger partial charge >= 0.3 is 137 Å². The summed E-state index contributed by atoms with van der Waals surface area (Å²) in [6, 6.07) is 0. The Balaban J connectivity index is 3.94. The van der Waals surface area contributed by atoms with Crippen LogP contribution in [-0.4, -0.2) is 71.5 Å². The molecule has 0 aromatic heterocycles. The second kappa shape index (κ2) is 13.5. The van der Waals surface area contributed by atoms with E-state index in [1.54, 1.807) is 8.35 Å². The topological polar surface area (TPSA) is 6.48 Å². The minimum absolute atomic E-state index is 1.05. The van der Waals surface area contributed by atoms with Crippen LogP contribution in [0.5, 0.6) is 0 Å². The zero-order valence-electron chi connectivity index (χ0n) is 15.1. The zero-order valence-corrected chi connectivity index (χ0v) is 18.4. The summed E-state index contributed by atoms with van der Waals surface area (Å²) in [6.45, 7) is 14.8. The Labute approximate surface area is 136 Å². The maximum atomic E-state index is 2.68. The summed E-state index contributed by atoms with van der Waals surface area (Å²) in [4.78, 5) is 5.02. The van der Waals surface area contributed by atoms with Crippen LogP contribution in [0.2, 0.25) is 12.0 Å². The fourth-order valence-electron chi connectivity index (χ4n) is 3.03. The molecule has 0 bridgehead atoms. The summed E-state index contributed by atoms with van der Waals surface area (Å²) < 4.78 is 4.28. The molecule has 0 aromatic carbocycles. The van der Waals surface area contributed by atoms with E-state index in [4.69, 9.17) is 0 Å². The molecule has 0 saturated carbocycles. The minimum atomic E-state index is -1.25. The van der Waals surface area contributed by atoms with E-state index in [1.807, 2.05) is 0 Å². The van der Waals surface area contributed by atoms with E-state index in [0.29, 0.717) is 0 Å². The Morgan fingerprint density at radius 1 is 0.800 bits per heavy atom. The Morgan fingerprint density at radius 2 is 1.30 bits per heavy atom. The maximum absolute atomic E-state index is 2.68. The first-order chi connectivity index (χ1) is 9.51. The van der Waals surface area contributed by atoms with Gasteiger partial charge < -0.3 is 0 Å². The Bertz CT molecular complexity index is 201. The molecular formula is C17H39InN2. The zero-order chi connectivity index (χ0) is 15.4. The van der Waals surface area contributed by atoms with Crippen LogP contribution in [-0.2, 0) is 0 Å². The molecule has 2 nitrogen and oxygen atoms in total. The van der Waals surface area contributed by atoms with Gasteiger partial charge in [0.25, 0.3) is 0 Å². The normalized spacial score (nSPS) is 11.8. The van der Waals surface area contributed by atoms with Crippen LogP contribution in [0.4, 0.5) is 0 Å². The van der Waals surface area contributed by atoms with Crippen LogP contribution in [0, 0.1) is 0 Å². The molecule has 0 aromatic rings. The second-order valence-corrected chi connectivity index (χ2v) is 18.4. The van der Waals surface area contributed by atoms with E-state index >= 15 is 0 Å². The Hall–Kier alpha value is 0.790. The molecule has 0 aliphatic rings. The van der Waals surface area contributed by atoms with Crippen LogP contribution in [0.3, 0.4) is 0 Å². The van der Waals surface area contributed by atoms with E-state index in [9.17, 15) is 0 Å². The van der Waals surface area contributed by atoms with Crippen molar-refractivity contribution in [1.82, 2.24) is 9.80 Å². The number of hydrogen-bond acceptors (Lipinski definition) is 2. The fraction of sp³-hybridized carbons (Fsp3) is 1.00. The molecule has 20 heavy (non-hydrogen) atoms. The van der Waals surface area contributed by atoms with Crippen molar-refractivity contribution in [2.75, 3.05) is 40.3 Å².